The van der Waals surface area contributed by atoms with Crippen LogP contribution >= 0.6 is 11.8 Å². The molecule has 3 rings (SSSR count). The second-order valence-electron chi connectivity index (χ2n) is 5.23. The molecule has 2 aromatic heterocycles. The molecule has 23 heavy (non-hydrogen) atoms. The number of ether oxygens (including phenoxy) is 1. The number of hydrogen-bond donors (Lipinski definition) is 1. The van der Waals surface area contributed by atoms with Gasteiger partial charge in [0.05, 0.1) is 6.61 Å². The second kappa shape index (κ2) is 6.54. The van der Waals surface area contributed by atoms with Gasteiger partial charge in [-0.2, -0.15) is 0 Å². The van der Waals surface area contributed by atoms with Crippen molar-refractivity contribution < 1.29 is 9.53 Å². The highest BCUT2D eigenvalue weighted by Crippen LogP contribution is 2.27. The average Bonchev–Trinajstić information content (AvgIpc) is 2.89. The molecule has 0 radical (unpaired) electrons. The lowest BCUT2D eigenvalue weighted by molar-refractivity contribution is -0.142. The van der Waals surface area contributed by atoms with Gasteiger partial charge in [0.15, 0.2) is 5.65 Å². The fraction of sp³-hybridized carbons (Fsp3) is 0.375. The Morgan fingerprint density at radius 2 is 2.17 bits per heavy atom. The van der Waals surface area contributed by atoms with Crippen molar-refractivity contribution in [2.24, 2.45) is 0 Å². The first kappa shape index (κ1) is 15.7. The molecule has 0 aliphatic carbocycles. The third-order valence-corrected chi connectivity index (χ3v) is 4.71. The van der Waals surface area contributed by atoms with Crippen LogP contribution in [0.25, 0.3) is 22.1 Å². The Bertz CT molecular complexity index is 862. The monoisotopic (exact) mass is 330 g/mol. The highest BCUT2D eigenvalue weighted by atomic mass is 32.2. The molecule has 0 fully saturated rings. The number of thioether (sulfide) groups is 1. The van der Waals surface area contributed by atoms with Crippen LogP contribution in [-0.4, -0.2) is 38.0 Å². The summed E-state index contributed by atoms with van der Waals surface area (Å²) in [5.41, 5.74) is 3.57. The molecule has 1 N–H and O–H groups in total. The third-order valence-electron chi connectivity index (χ3n) is 3.52. The van der Waals surface area contributed by atoms with E-state index in [0.29, 0.717) is 23.8 Å². The lowest BCUT2D eigenvalue weighted by atomic mass is 10.2. The summed E-state index contributed by atoms with van der Waals surface area (Å²) in [6.07, 6.45) is 0.650. The first-order chi connectivity index (χ1) is 11.1. The molecule has 3 aromatic rings. The first-order valence-corrected chi connectivity index (χ1v) is 8.46. The summed E-state index contributed by atoms with van der Waals surface area (Å²) in [4.78, 5) is 19.6. The van der Waals surface area contributed by atoms with E-state index in [1.165, 1.54) is 11.8 Å². The van der Waals surface area contributed by atoms with Crippen molar-refractivity contribution in [1.82, 2.24) is 20.2 Å². The van der Waals surface area contributed by atoms with E-state index in [0.717, 1.165) is 22.0 Å². The molecular weight excluding hydrogens is 312 g/mol. The molecule has 1 aromatic carbocycles. The number of fused-ring (bicyclic) bond motifs is 3. The van der Waals surface area contributed by atoms with Gasteiger partial charge in [-0.15, -0.1) is 10.2 Å². The van der Waals surface area contributed by atoms with E-state index < -0.39 is 0 Å². The van der Waals surface area contributed by atoms with E-state index in [-0.39, 0.29) is 11.2 Å². The molecule has 0 amide bonds. The van der Waals surface area contributed by atoms with Crippen LogP contribution < -0.4 is 0 Å². The van der Waals surface area contributed by atoms with Gasteiger partial charge >= 0.3 is 5.97 Å². The number of aryl methyl sites for hydroxylation is 1. The first-order valence-electron chi connectivity index (χ1n) is 7.58. The largest absolute Gasteiger partial charge is 0.465 e. The number of carbonyl (C=O) groups is 1. The number of esters is 1. The maximum atomic E-state index is 11.9. The molecule has 7 heteroatoms. The third kappa shape index (κ3) is 3.14. The molecule has 0 saturated carbocycles. The van der Waals surface area contributed by atoms with Gasteiger partial charge in [-0.05, 0) is 32.4 Å². The van der Waals surface area contributed by atoms with Crippen molar-refractivity contribution in [2.45, 2.75) is 37.6 Å². The number of aromatic nitrogens is 4. The Hall–Kier alpha value is -2.15. The Balaban J connectivity index is 1.93. The van der Waals surface area contributed by atoms with Crippen LogP contribution in [0.5, 0.6) is 0 Å². The lowest BCUT2D eigenvalue weighted by Gasteiger charge is -2.11. The molecule has 1 atom stereocenters. The molecule has 0 bridgehead atoms. The number of hydrogen-bond acceptors (Lipinski definition) is 6. The van der Waals surface area contributed by atoms with Gasteiger partial charge < -0.3 is 9.72 Å². The number of benzene rings is 1. The highest BCUT2D eigenvalue weighted by molar-refractivity contribution is 8.00. The minimum Gasteiger partial charge on any atom is -0.465 e. The fourth-order valence-corrected chi connectivity index (χ4v) is 3.20. The van der Waals surface area contributed by atoms with Gasteiger partial charge in [0.2, 0.25) is 5.16 Å². The van der Waals surface area contributed by atoms with Crippen LogP contribution in [0.4, 0.5) is 0 Å². The van der Waals surface area contributed by atoms with Crippen LogP contribution in [0, 0.1) is 6.92 Å². The second-order valence-corrected chi connectivity index (χ2v) is 6.40. The molecule has 0 saturated heterocycles. The van der Waals surface area contributed by atoms with Crippen molar-refractivity contribution in [1.29, 1.82) is 0 Å². The van der Waals surface area contributed by atoms with E-state index in [1.54, 1.807) is 6.92 Å². The molecule has 0 spiro atoms. The number of aromatic amines is 1. The summed E-state index contributed by atoms with van der Waals surface area (Å²) in [5.74, 6) is -0.240. The molecule has 2 heterocycles. The van der Waals surface area contributed by atoms with E-state index in [4.69, 9.17) is 4.74 Å². The van der Waals surface area contributed by atoms with E-state index in [1.807, 2.05) is 26.0 Å². The molecule has 0 aliphatic heterocycles. The number of rotatable bonds is 5. The summed E-state index contributed by atoms with van der Waals surface area (Å²) in [5, 5.41) is 9.61. The summed E-state index contributed by atoms with van der Waals surface area (Å²) in [6, 6.07) is 6.10. The van der Waals surface area contributed by atoms with E-state index >= 15 is 0 Å². The van der Waals surface area contributed by atoms with E-state index in [9.17, 15) is 4.79 Å². The number of nitrogens with zero attached hydrogens (tertiary/aromatic N) is 3. The minimum absolute atomic E-state index is 0.240. The standard InChI is InChI=1S/C16H18N4O2S/c1-4-12(15(21)22-5-2)23-16-18-14-13(19-20-16)10-8-9(3)6-7-11(10)17-14/h6-8,12H,4-5H2,1-3H3,(H,17,18,20)/t12-/m1/s1. The van der Waals surface area contributed by atoms with Crippen LogP contribution in [0.1, 0.15) is 25.8 Å². The van der Waals surface area contributed by atoms with Gasteiger partial charge in [0.25, 0.3) is 0 Å². The number of carbonyl (C=O) groups excluding carboxylic acids is 1. The topological polar surface area (TPSA) is 80.8 Å². The summed E-state index contributed by atoms with van der Waals surface area (Å²) in [6.45, 7) is 6.14. The average molecular weight is 330 g/mol. The normalized spacial score (nSPS) is 12.7. The van der Waals surface area contributed by atoms with Crippen molar-refractivity contribution >= 4 is 39.8 Å². The molecule has 0 aliphatic rings. The van der Waals surface area contributed by atoms with Gasteiger partial charge in [-0.3, -0.25) is 4.79 Å². The quantitative estimate of drug-likeness (QED) is 0.571. The zero-order valence-electron chi connectivity index (χ0n) is 13.3. The summed E-state index contributed by atoms with van der Waals surface area (Å²) in [7, 11) is 0. The number of H-pyrrole nitrogens is 1. The molecule has 120 valence electrons. The van der Waals surface area contributed by atoms with Crippen molar-refractivity contribution in [3.8, 4) is 0 Å². The Morgan fingerprint density at radius 1 is 1.35 bits per heavy atom. The SMILES string of the molecule is CCOC(=O)[C@@H](CC)Sc1nnc2c(n1)[nH]c1ccc(C)cc12. The Kier molecular flexibility index (Phi) is 4.47. The Labute approximate surface area is 138 Å². The number of nitrogens with one attached hydrogen (secondary N) is 1. The van der Waals surface area contributed by atoms with Crippen LogP contribution in [0.3, 0.4) is 0 Å². The predicted octanol–water partition coefficient (Wildman–Crippen LogP) is 3.25. The summed E-state index contributed by atoms with van der Waals surface area (Å²) < 4.78 is 5.07. The highest BCUT2D eigenvalue weighted by Gasteiger charge is 2.21. The van der Waals surface area contributed by atoms with Crippen molar-refractivity contribution in [3.63, 3.8) is 0 Å². The minimum atomic E-state index is -0.319. The van der Waals surface area contributed by atoms with Gasteiger partial charge in [-0.25, -0.2) is 4.98 Å². The molecule has 6 nitrogen and oxygen atoms in total. The summed E-state index contributed by atoms with van der Waals surface area (Å²) >= 11 is 1.29. The lowest BCUT2D eigenvalue weighted by Crippen LogP contribution is -2.19. The van der Waals surface area contributed by atoms with Crippen LogP contribution in [0.15, 0.2) is 23.4 Å². The van der Waals surface area contributed by atoms with Gasteiger partial charge in [0.1, 0.15) is 10.8 Å². The maximum Gasteiger partial charge on any atom is 0.319 e. The van der Waals surface area contributed by atoms with Gasteiger partial charge in [0, 0.05) is 10.9 Å². The molecule has 0 unspecified atom stereocenters. The van der Waals surface area contributed by atoms with Gasteiger partial charge in [-0.1, -0.05) is 30.3 Å². The fourth-order valence-electron chi connectivity index (χ4n) is 2.38. The zero-order valence-corrected chi connectivity index (χ0v) is 14.1. The van der Waals surface area contributed by atoms with E-state index in [2.05, 4.69) is 26.2 Å². The molecular formula is C16H18N4O2S. The van der Waals surface area contributed by atoms with Crippen LogP contribution in [-0.2, 0) is 9.53 Å². The zero-order chi connectivity index (χ0) is 16.4. The smallest absolute Gasteiger partial charge is 0.319 e. The van der Waals surface area contributed by atoms with Crippen LogP contribution in [0.2, 0.25) is 0 Å². The Morgan fingerprint density at radius 3 is 2.91 bits per heavy atom. The van der Waals surface area contributed by atoms with Crippen molar-refractivity contribution in [2.75, 3.05) is 6.61 Å². The predicted molar refractivity (Wildman–Crippen MR) is 90.5 cm³/mol. The van der Waals surface area contributed by atoms with Crippen molar-refractivity contribution in [3.05, 3.63) is 23.8 Å². The maximum absolute atomic E-state index is 11.9.